The Morgan fingerprint density at radius 3 is 2.10 bits per heavy atom. The number of hydrogen-bond acceptors (Lipinski definition) is 3. The Kier molecular flexibility index (Phi) is 5.58. The van der Waals surface area contributed by atoms with Crippen LogP contribution < -0.4 is 5.32 Å². The second-order valence-electron chi connectivity index (χ2n) is 7.66. The predicted octanol–water partition coefficient (Wildman–Crippen LogP) is 2.85. The fourth-order valence-corrected chi connectivity index (χ4v) is 3.84. The molecule has 0 aromatic heterocycles. The zero-order valence-corrected chi connectivity index (χ0v) is 16.0. The van der Waals surface area contributed by atoms with Crippen molar-refractivity contribution in [2.45, 2.75) is 12.3 Å². The summed E-state index contributed by atoms with van der Waals surface area (Å²) < 4.78 is 26.0. The third-order valence-electron chi connectivity index (χ3n) is 5.58. The van der Waals surface area contributed by atoms with Gasteiger partial charge in [-0.1, -0.05) is 12.1 Å². The number of carbonyl (C=O) groups excluding carboxylic acids is 2. The minimum atomic E-state index is -0.346. The predicted molar refractivity (Wildman–Crippen MR) is 105 cm³/mol. The first-order chi connectivity index (χ1) is 14.0. The molecule has 1 saturated heterocycles. The van der Waals surface area contributed by atoms with Crippen LogP contribution in [0.3, 0.4) is 0 Å². The Bertz CT molecular complexity index is 878. The van der Waals surface area contributed by atoms with Crippen LogP contribution in [0.4, 0.5) is 14.5 Å². The van der Waals surface area contributed by atoms with Crippen molar-refractivity contribution in [3.63, 3.8) is 0 Å². The maximum absolute atomic E-state index is 13.1. The summed E-state index contributed by atoms with van der Waals surface area (Å²) >= 11 is 0. The Hall–Kier alpha value is -2.80. The number of carbonyl (C=O) groups is 2. The van der Waals surface area contributed by atoms with E-state index in [0.29, 0.717) is 31.9 Å². The number of benzene rings is 2. The SMILES string of the molecule is O=C(CN1CCN(C(=O)C2CC2c2ccc(F)cc2)CC1)Nc1ccc(F)cc1. The van der Waals surface area contributed by atoms with Crippen LogP contribution in [0.15, 0.2) is 48.5 Å². The van der Waals surface area contributed by atoms with Crippen LogP contribution >= 0.6 is 0 Å². The monoisotopic (exact) mass is 399 g/mol. The molecule has 7 heteroatoms. The van der Waals surface area contributed by atoms with Crippen LogP contribution in [-0.2, 0) is 9.59 Å². The Labute approximate surface area is 168 Å². The molecule has 5 nitrogen and oxygen atoms in total. The highest BCUT2D eigenvalue weighted by atomic mass is 19.1. The summed E-state index contributed by atoms with van der Waals surface area (Å²) in [5, 5.41) is 2.75. The minimum absolute atomic E-state index is 0.0196. The topological polar surface area (TPSA) is 52.7 Å². The van der Waals surface area contributed by atoms with E-state index in [1.807, 2.05) is 9.80 Å². The van der Waals surface area contributed by atoms with Crippen LogP contribution in [0, 0.1) is 17.6 Å². The molecule has 152 valence electrons. The lowest BCUT2D eigenvalue weighted by atomic mass is 10.1. The standard InChI is InChI=1S/C22H23F2N3O2/c23-16-3-1-15(2-4-16)19-13-20(19)22(29)27-11-9-26(10-12-27)14-21(28)25-18-7-5-17(24)6-8-18/h1-8,19-20H,9-14H2,(H,25,28). The van der Waals surface area contributed by atoms with Gasteiger partial charge in [0.15, 0.2) is 0 Å². The van der Waals surface area contributed by atoms with Gasteiger partial charge < -0.3 is 10.2 Å². The van der Waals surface area contributed by atoms with Crippen LogP contribution in [0.5, 0.6) is 0 Å². The summed E-state index contributed by atoms with van der Waals surface area (Å²) in [5.41, 5.74) is 1.58. The maximum Gasteiger partial charge on any atom is 0.238 e. The molecule has 0 radical (unpaired) electrons. The van der Waals surface area contributed by atoms with Gasteiger partial charge in [-0.3, -0.25) is 14.5 Å². The molecule has 2 aromatic carbocycles. The summed E-state index contributed by atoms with van der Waals surface area (Å²) in [6.07, 6.45) is 0.810. The molecule has 1 aliphatic carbocycles. The molecule has 29 heavy (non-hydrogen) atoms. The first-order valence-corrected chi connectivity index (χ1v) is 9.81. The van der Waals surface area contributed by atoms with Crippen molar-refractivity contribution in [2.75, 3.05) is 38.0 Å². The lowest BCUT2D eigenvalue weighted by molar-refractivity contribution is -0.134. The molecule has 2 unspecified atom stereocenters. The molecular formula is C22H23F2N3O2. The summed E-state index contributed by atoms with van der Waals surface area (Å²) in [5.74, 6) is -0.459. The van der Waals surface area contributed by atoms with E-state index < -0.39 is 0 Å². The Morgan fingerprint density at radius 2 is 1.48 bits per heavy atom. The first-order valence-electron chi connectivity index (χ1n) is 9.81. The van der Waals surface area contributed by atoms with E-state index in [1.54, 1.807) is 12.1 Å². The zero-order chi connectivity index (χ0) is 20.4. The van der Waals surface area contributed by atoms with Crippen molar-refractivity contribution in [3.8, 4) is 0 Å². The third-order valence-corrected chi connectivity index (χ3v) is 5.58. The van der Waals surface area contributed by atoms with Crippen molar-refractivity contribution in [1.82, 2.24) is 9.80 Å². The molecule has 4 rings (SSSR count). The van der Waals surface area contributed by atoms with Crippen LogP contribution in [-0.4, -0.2) is 54.3 Å². The smallest absolute Gasteiger partial charge is 0.238 e. The summed E-state index contributed by atoms with van der Waals surface area (Å²) in [4.78, 5) is 28.8. The molecule has 1 aliphatic heterocycles. The fourth-order valence-electron chi connectivity index (χ4n) is 3.84. The average molecular weight is 399 g/mol. The van der Waals surface area contributed by atoms with Gasteiger partial charge in [0.2, 0.25) is 11.8 Å². The molecular weight excluding hydrogens is 376 g/mol. The van der Waals surface area contributed by atoms with Crippen molar-refractivity contribution in [3.05, 3.63) is 65.7 Å². The summed E-state index contributed by atoms with van der Waals surface area (Å²) in [6, 6.07) is 12.0. The highest BCUT2D eigenvalue weighted by Crippen LogP contribution is 2.48. The second kappa shape index (κ2) is 8.29. The normalized spacial score (nSPS) is 21.7. The van der Waals surface area contributed by atoms with Gasteiger partial charge in [0.25, 0.3) is 0 Å². The minimum Gasteiger partial charge on any atom is -0.340 e. The van der Waals surface area contributed by atoms with Gasteiger partial charge in [0, 0.05) is 37.8 Å². The van der Waals surface area contributed by atoms with E-state index in [2.05, 4.69) is 5.32 Å². The van der Waals surface area contributed by atoms with E-state index in [-0.39, 0.29) is 41.8 Å². The molecule has 1 N–H and O–H groups in total. The average Bonchev–Trinajstić information content (AvgIpc) is 3.51. The summed E-state index contributed by atoms with van der Waals surface area (Å²) in [7, 11) is 0. The summed E-state index contributed by atoms with van der Waals surface area (Å²) in [6.45, 7) is 2.69. The molecule has 1 heterocycles. The number of nitrogens with zero attached hydrogens (tertiary/aromatic N) is 2. The van der Waals surface area contributed by atoms with Gasteiger partial charge in [-0.2, -0.15) is 0 Å². The number of rotatable bonds is 5. The number of nitrogens with one attached hydrogen (secondary N) is 1. The quantitative estimate of drug-likeness (QED) is 0.841. The number of piperazine rings is 1. The molecule has 2 atom stereocenters. The number of amides is 2. The van der Waals surface area contributed by atoms with Crippen molar-refractivity contribution < 1.29 is 18.4 Å². The van der Waals surface area contributed by atoms with E-state index in [0.717, 1.165) is 12.0 Å². The van der Waals surface area contributed by atoms with Crippen LogP contribution in [0.2, 0.25) is 0 Å². The van der Waals surface area contributed by atoms with Gasteiger partial charge in [-0.05, 0) is 54.3 Å². The van der Waals surface area contributed by atoms with Crippen molar-refractivity contribution in [1.29, 1.82) is 0 Å². The maximum atomic E-state index is 13.1. The van der Waals surface area contributed by atoms with Gasteiger partial charge in [-0.25, -0.2) is 8.78 Å². The molecule has 2 aromatic rings. The van der Waals surface area contributed by atoms with E-state index >= 15 is 0 Å². The van der Waals surface area contributed by atoms with E-state index in [4.69, 9.17) is 0 Å². The van der Waals surface area contributed by atoms with E-state index in [9.17, 15) is 18.4 Å². The first kappa shape index (κ1) is 19.5. The van der Waals surface area contributed by atoms with Crippen molar-refractivity contribution >= 4 is 17.5 Å². The number of anilines is 1. The lowest BCUT2D eigenvalue weighted by Crippen LogP contribution is -2.51. The molecule has 0 bridgehead atoms. The van der Waals surface area contributed by atoms with Gasteiger partial charge in [0.05, 0.1) is 6.54 Å². The highest BCUT2D eigenvalue weighted by Gasteiger charge is 2.46. The Balaban J connectivity index is 1.22. The van der Waals surface area contributed by atoms with Crippen molar-refractivity contribution in [2.24, 2.45) is 5.92 Å². The number of halogens is 2. The number of hydrogen-bond donors (Lipinski definition) is 1. The molecule has 2 amide bonds. The molecule has 2 fully saturated rings. The van der Waals surface area contributed by atoms with E-state index in [1.165, 1.54) is 36.4 Å². The van der Waals surface area contributed by atoms with Crippen LogP contribution in [0.25, 0.3) is 0 Å². The van der Waals surface area contributed by atoms with Gasteiger partial charge in [-0.15, -0.1) is 0 Å². The van der Waals surface area contributed by atoms with Crippen LogP contribution in [0.1, 0.15) is 17.9 Å². The lowest BCUT2D eigenvalue weighted by Gasteiger charge is -2.34. The highest BCUT2D eigenvalue weighted by molar-refractivity contribution is 5.92. The second-order valence-corrected chi connectivity index (χ2v) is 7.66. The fraction of sp³-hybridized carbons (Fsp3) is 0.364. The van der Waals surface area contributed by atoms with Gasteiger partial charge in [0.1, 0.15) is 11.6 Å². The molecule has 2 aliphatic rings. The Morgan fingerprint density at radius 1 is 0.897 bits per heavy atom. The molecule has 0 spiro atoms. The van der Waals surface area contributed by atoms with Gasteiger partial charge >= 0.3 is 0 Å². The zero-order valence-electron chi connectivity index (χ0n) is 16.0. The third kappa shape index (κ3) is 4.79. The largest absolute Gasteiger partial charge is 0.340 e. The molecule has 1 saturated carbocycles.